The van der Waals surface area contributed by atoms with Crippen molar-refractivity contribution in [1.29, 1.82) is 0 Å². The number of amidine groups is 1. The van der Waals surface area contributed by atoms with Crippen molar-refractivity contribution in [3.05, 3.63) is 82.8 Å². The fourth-order valence-electron chi connectivity index (χ4n) is 3.39. The van der Waals surface area contributed by atoms with Gasteiger partial charge in [-0.15, -0.1) is 0 Å². The quantitative estimate of drug-likeness (QED) is 0.728. The predicted octanol–water partition coefficient (Wildman–Crippen LogP) is 4.43. The molecule has 0 atom stereocenters. The van der Waals surface area contributed by atoms with Gasteiger partial charge in [-0.1, -0.05) is 54.6 Å². The molecule has 0 saturated carbocycles. The van der Waals surface area contributed by atoms with E-state index in [-0.39, 0.29) is 5.91 Å². The SMILES string of the molecule is CC(=Cc1ccccc1)C=C1SC(N2CCN(c3ccccc3)CC2)=NC1=O. The number of aliphatic imine (C=N–C) groups is 1. The molecule has 0 aromatic heterocycles. The van der Waals surface area contributed by atoms with Gasteiger partial charge in [-0.2, -0.15) is 4.99 Å². The van der Waals surface area contributed by atoms with E-state index in [2.05, 4.69) is 57.3 Å². The normalized spacial score (nSPS) is 19.3. The van der Waals surface area contributed by atoms with Gasteiger partial charge in [0, 0.05) is 31.9 Å². The lowest BCUT2D eigenvalue weighted by atomic mass is 10.1. The Labute approximate surface area is 170 Å². The third kappa shape index (κ3) is 4.37. The molecule has 0 bridgehead atoms. The molecular weight excluding hydrogens is 366 g/mol. The molecular formula is C23H23N3OS. The van der Waals surface area contributed by atoms with Crippen LogP contribution in [0.25, 0.3) is 6.08 Å². The lowest BCUT2D eigenvalue weighted by Gasteiger charge is -2.36. The molecule has 4 rings (SSSR count). The number of para-hydroxylation sites is 1. The number of benzene rings is 2. The molecule has 142 valence electrons. The molecule has 0 unspecified atom stereocenters. The van der Waals surface area contributed by atoms with Crippen LogP contribution in [-0.2, 0) is 4.79 Å². The summed E-state index contributed by atoms with van der Waals surface area (Å²) in [7, 11) is 0. The number of amides is 1. The van der Waals surface area contributed by atoms with Crippen LogP contribution in [0.1, 0.15) is 12.5 Å². The Balaban J connectivity index is 1.38. The van der Waals surface area contributed by atoms with Crippen molar-refractivity contribution in [3.63, 3.8) is 0 Å². The standard InChI is InChI=1S/C23H23N3OS/c1-18(16-19-8-4-2-5-9-19)17-21-22(27)24-23(28-21)26-14-12-25(13-15-26)20-10-6-3-7-11-20/h2-11,16-17H,12-15H2,1H3. The molecule has 0 N–H and O–H groups in total. The van der Waals surface area contributed by atoms with Crippen LogP contribution < -0.4 is 4.90 Å². The fourth-order valence-corrected chi connectivity index (χ4v) is 4.40. The maximum Gasteiger partial charge on any atom is 0.286 e. The van der Waals surface area contributed by atoms with Gasteiger partial charge in [0.2, 0.25) is 0 Å². The van der Waals surface area contributed by atoms with E-state index >= 15 is 0 Å². The average Bonchev–Trinajstić information content (AvgIpc) is 3.09. The van der Waals surface area contributed by atoms with Gasteiger partial charge >= 0.3 is 0 Å². The first-order chi connectivity index (χ1) is 13.7. The van der Waals surface area contributed by atoms with E-state index < -0.39 is 0 Å². The van der Waals surface area contributed by atoms with Crippen molar-refractivity contribution in [1.82, 2.24) is 4.90 Å². The molecule has 2 aliphatic heterocycles. The first-order valence-corrected chi connectivity index (χ1v) is 10.3. The molecule has 5 heteroatoms. The van der Waals surface area contributed by atoms with Crippen LogP contribution in [0, 0.1) is 0 Å². The van der Waals surface area contributed by atoms with Crippen LogP contribution in [0.3, 0.4) is 0 Å². The van der Waals surface area contributed by atoms with Crippen molar-refractivity contribution < 1.29 is 4.79 Å². The van der Waals surface area contributed by atoms with Gasteiger partial charge in [0.15, 0.2) is 5.17 Å². The predicted molar refractivity (Wildman–Crippen MR) is 118 cm³/mol. The van der Waals surface area contributed by atoms with E-state index in [0.717, 1.165) is 42.5 Å². The van der Waals surface area contributed by atoms with Crippen molar-refractivity contribution >= 4 is 34.6 Å². The minimum atomic E-state index is -0.133. The summed E-state index contributed by atoms with van der Waals surface area (Å²) in [5, 5.41) is 0.830. The smallest absolute Gasteiger partial charge is 0.286 e. The number of anilines is 1. The molecule has 1 saturated heterocycles. The number of thioether (sulfide) groups is 1. The zero-order valence-electron chi connectivity index (χ0n) is 15.9. The number of allylic oxidation sites excluding steroid dienone is 2. The summed E-state index contributed by atoms with van der Waals surface area (Å²) < 4.78 is 0. The Hall–Kier alpha value is -2.79. The highest BCUT2D eigenvalue weighted by Crippen LogP contribution is 2.30. The highest BCUT2D eigenvalue weighted by atomic mass is 32.2. The fraction of sp³-hybridized carbons (Fsp3) is 0.217. The summed E-state index contributed by atoms with van der Waals surface area (Å²) in [6.07, 6.45) is 4.02. The third-order valence-corrected chi connectivity index (χ3v) is 5.88. The molecule has 2 aromatic carbocycles. The van der Waals surface area contributed by atoms with E-state index in [9.17, 15) is 4.79 Å². The summed E-state index contributed by atoms with van der Waals surface area (Å²) in [5.74, 6) is -0.133. The van der Waals surface area contributed by atoms with Crippen molar-refractivity contribution in [3.8, 4) is 0 Å². The number of carbonyl (C=O) groups is 1. The van der Waals surface area contributed by atoms with Gasteiger partial charge in [0.1, 0.15) is 0 Å². The number of nitrogens with zero attached hydrogens (tertiary/aromatic N) is 3. The average molecular weight is 390 g/mol. The number of carbonyl (C=O) groups excluding carboxylic acids is 1. The highest BCUT2D eigenvalue weighted by Gasteiger charge is 2.28. The van der Waals surface area contributed by atoms with E-state index in [1.807, 2.05) is 37.3 Å². The first kappa shape index (κ1) is 18.6. The Morgan fingerprint density at radius 1 is 0.929 bits per heavy atom. The van der Waals surface area contributed by atoms with Crippen molar-refractivity contribution in [2.75, 3.05) is 31.1 Å². The second-order valence-electron chi connectivity index (χ2n) is 6.92. The number of piperazine rings is 1. The summed E-state index contributed by atoms with van der Waals surface area (Å²) in [5.41, 5.74) is 3.43. The van der Waals surface area contributed by atoms with Gasteiger partial charge in [0.05, 0.1) is 4.91 Å². The largest absolute Gasteiger partial charge is 0.368 e. The Kier molecular flexibility index (Phi) is 5.63. The molecule has 0 radical (unpaired) electrons. The number of rotatable bonds is 3. The van der Waals surface area contributed by atoms with E-state index in [4.69, 9.17) is 0 Å². The minimum absolute atomic E-state index is 0.133. The molecule has 1 amide bonds. The summed E-state index contributed by atoms with van der Waals surface area (Å²) >= 11 is 1.49. The Morgan fingerprint density at radius 3 is 2.21 bits per heavy atom. The van der Waals surface area contributed by atoms with Crippen LogP contribution in [0.2, 0.25) is 0 Å². The lowest BCUT2D eigenvalue weighted by molar-refractivity contribution is -0.113. The molecule has 2 aromatic rings. The highest BCUT2D eigenvalue weighted by molar-refractivity contribution is 8.18. The Bertz CT molecular complexity index is 927. The molecule has 4 nitrogen and oxygen atoms in total. The van der Waals surface area contributed by atoms with Gasteiger partial charge in [-0.05, 0) is 48.0 Å². The van der Waals surface area contributed by atoms with Crippen LogP contribution >= 0.6 is 11.8 Å². The van der Waals surface area contributed by atoms with Gasteiger partial charge in [-0.25, -0.2) is 0 Å². The molecule has 28 heavy (non-hydrogen) atoms. The summed E-state index contributed by atoms with van der Waals surface area (Å²) in [4.78, 5) is 22.0. The van der Waals surface area contributed by atoms with E-state index in [1.165, 1.54) is 17.4 Å². The lowest BCUT2D eigenvalue weighted by Crippen LogP contribution is -2.47. The van der Waals surface area contributed by atoms with Crippen molar-refractivity contribution in [2.24, 2.45) is 4.99 Å². The van der Waals surface area contributed by atoms with Crippen LogP contribution in [0.15, 0.2) is 82.2 Å². The zero-order chi connectivity index (χ0) is 19.3. The van der Waals surface area contributed by atoms with Crippen LogP contribution in [-0.4, -0.2) is 42.2 Å². The maximum absolute atomic E-state index is 12.4. The molecule has 1 fully saturated rings. The first-order valence-electron chi connectivity index (χ1n) is 9.50. The van der Waals surface area contributed by atoms with E-state index in [1.54, 1.807) is 0 Å². The molecule has 2 aliphatic rings. The van der Waals surface area contributed by atoms with Gasteiger partial charge in [0.25, 0.3) is 5.91 Å². The second kappa shape index (κ2) is 8.48. The number of hydrogen-bond acceptors (Lipinski definition) is 4. The molecule has 2 heterocycles. The van der Waals surface area contributed by atoms with Gasteiger partial charge < -0.3 is 9.80 Å². The topological polar surface area (TPSA) is 35.9 Å². The van der Waals surface area contributed by atoms with Crippen LogP contribution in [0.5, 0.6) is 0 Å². The minimum Gasteiger partial charge on any atom is -0.368 e. The van der Waals surface area contributed by atoms with Gasteiger partial charge in [-0.3, -0.25) is 4.79 Å². The monoisotopic (exact) mass is 389 g/mol. The Morgan fingerprint density at radius 2 is 1.54 bits per heavy atom. The molecule has 0 spiro atoms. The summed E-state index contributed by atoms with van der Waals surface area (Å²) in [6.45, 7) is 5.64. The van der Waals surface area contributed by atoms with Crippen LogP contribution in [0.4, 0.5) is 5.69 Å². The van der Waals surface area contributed by atoms with E-state index in [0.29, 0.717) is 4.91 Å². The third-order valence-electron chi connectivity index (χ3n) is 4.83. The maximum atomic E-state index is 12.4. The molecule has 0 aliphatic carbocycles. The van der Waals surface area contributed by atoms with Crippen molar-refractivity contribution in [2.45, 2.75) is 6.92 Å². The number of hydrogen-bond donors (Lipinski definition) is 0. The second-order valence-corrected chi connectivity index (χ2v) is 7.93. The summed E-state index contributed by atoms with van der Waals surface area (Å²) in [6, 6.07) is 20.6. The zero-order valence-corrected chi connectivity index (χ0v) is 16.7.